The predicted molar refractivity (Wildman–Crippen MR) is 135 cm³/mol. The van der Waals surface area contributed by atoms with Gasteiger partial charge in [0.05, 0.1) is 11.2 Å². The molecule has 1 aliphatic rings. The molecule has 5 aromatic rings. The van der Waals surface area contributed by atoms with Crippen LogP contribution in [0.25, 0.3) is 43.8 Å². The lowest BCUT2D eigenvalue weighted by atomic mass is 9.89. The van der Waals surface area contributed by atoms with Crippen molar-refractivity contribution < 1.29 is 0 Å². The molecule has 0 atom stereocenters. The summed E-state index contributed by atoms with van der Waals surface area (Å²) in [6.07, 6.45) is 2.26. The second-order valence-electron chi connectivity index (χ2n) is 9.16. The lowest BCUT2D eigenvalue weighted by molar-refractivity contribution is 0.255. The van der Waals surface area contributed by atoms with Gasteiger partial charge >= 0.3 is 0 Å². The highest BCUT2D eigenvalue weighted by Gasteiger charge is 2.26. The summed E-state index contributed by atoms with van der Waals surface area (Å²) in [7, 11) is 2.17. The van der Waals surface area contributed by atoms with Crippen LogP contribution in [0, 0.1) is 6.92 Å². The van der Waals surface area contributed by atoms with Crippen molar-refractivity contribution in [1.29, 1.82) is 0 Å². The van der Waals surface area contributed by atoms with Crippen LogP contribution in [-0.4, -0.2) is 27.5 Å². The minimum Gasteiger partial charge on any atom is -0.347 e. The molecule has 2 aromatic heterocycles. The monoisotopic (exact) mass is 419 g/mol. The van der Waals surface area contributed by atoms with Gasteiger partial charge in [0.15, 0.2) is 0 Å². The fourth-order valence-corrected chi connectivity index (χ4v) is 5.70. The van der Waals surface area contributed by atoms with E-state index in [4.69, 9.17) is 4.98 Å². The molecule has 0 saturated heterocycles. The van der Waals surface area contributed by atoms with Crippen molar-refractivity contribution in [1.82, 2.24) is 14.5 Å². The summed E-state index contributed by atoms with van der Waals surface area (Å²) in [6, 6.07) is 22.0. The number of nitrogens with zero attached hydrogens (tertiary/aromatic N) is 3. The zero-order valence-electron chi connectivity index (χ0n) is 19.2. The number of fused-ring (bicyclic) bond motifs is 6. The molecule has 0 amide bonds. The largest absolute Gasteiger partial charge is 0.347 e. The molecule has 0 fully saturated rings. The maximum absolute atomic E-state index is 5.39. The van der Waals surface area contributed by atoms with E-state index in [0.717, 1.165) is 31.6 Å². The van der Waals surface area contributed by atoms with Gasteiger partial charge in [-0.3, -0.25) is 4.90 Å². The second kappa shape index (κ2) is 7.46. The summed E-state index contributed by atoms with van der Waals surface area (Å²) < 4.78 is 2.32. The van der Waals surface area contributed by atoms with Crippen molar-refractivity contribution in [3.05, 3.63) is 77.5 Å². The number of aryl methyl sites for hydroxylation is 1. The normalized spacial score (nSPS) is 14.5. The van der Waals surface area contributed by atoms with Crippen LogP contribution in [0.1, 0.15) is 30.2 Å². The van der Waals surface area contributed by atoms with Crippen LogP contribution in [0.3, 0.4) is 0 Å². The quantitative estimate of drug-likeness (QED) is 0.306. The van der Waals surface area contributed by atoms with Gasteiger partial charge in [-0.25, -0.2) is 4.98 Å². The van der Waals surface area contributed by atoms with E-state index in [-0.39, 0.29) is 0 Å². The summed E-state index contributed by atoms with van der Waals surface area (Å²) in [4.78, 5) is 7.99. The average molecular weight is 420 g/mol. The molecule has 1 aliphatic heterocycles. The Hall–Kier alpha value is -3.17. The Kier molecular flexibility index (Phi) is 4.55. The Labute approximate surface area is 189 Å². The Bertz CT molecular complexity index is 1490. The van der Waals surface area contributed by atoms with Gasteiger partial charge in [0.25, 0.3) is 0 Å². The van der Waals surface area contributed by atoms with Gasteiger partial charge < -0.3 is 4.57 Å². The molecular formula is C29H29N3. The number of aromatic nitrogens is 2. The van der Waals surface area contributed by atoms with Crippen LogP contribution in [0.5, 0.6) is 0 Å². The molecule has 0 N–H and O–H groups in total. The zero-order chi connectivity index (χ0) is 21.8. The molecule has 32 heavy (non-hydrogen) atoms. The average Bonchev–Trinajstić information content (AvgIpc) is 3.08. The SMILES string of the molecule is CCCN1CCc2c(c(-c3c(C)n(C)c4ccccc34)nc3ccc4ccccc4c23)C1. The number of benzene rings is 3. The standard InChI is InChI=1S/C29H29N3/c1-4-16-32-17-15-22-24(18-32)29(27-19(2)31(3)26-12-8-7-11-23(26)27)30-25-14-13-20-9-5-6-10-21(20)28(22)25/h5-14H,4,15-18H2,1-3H3. The Morgan fingerprint density at radius 3 is 2.53 bits per heavy atom. The van der Waals surface area contributed by atoms with Gasteiger partial charge in [0.2, 0.25) is 0 Å². The zero-order valence-corrected chi connectivity index (χ0v) is 19.2. The van der Waals surface area contributed by atoms with Gasteiger partial charge in [0, 0.05) is 47.7 Å². The third-order valence-corrected chi connectivity index (χ3v) is 7.33. The van der Waals surface area contributed by atoms with E-state index < -0.39 is 0 Å². The fourth-order valence-electron chi connectivity index (χ4n) is 5.70. The molecule has 3 heterocycles. The number of hydrogen-bond acceptors (Lipinski definition) is 2. The van der Waals surface area contributed by atoms with Crippen molar-refractivity contribution in [3.8, 4) is 11.3 Å². The lowest BCUT2D eigenvalue weighted by Crippen LogP contribution is -2.32. The maximum atomic E-state index is 5.39. The highest BCUT2D eigenvalue weighted by atomic mass is 15.1. The summed E-state index contributed by atoms with van der Waals surface area (Å²) in [5.41, 5.74) is 9.08. The van der Waals surface area contributed by atoms with E-state index in [1.54, 1.807) is 0 Å². The second-order valence-corrected chi connectivity index (χ2v) is 9.16. The first kappa shape index (κ1) is 19.5. The Morgan fingerprint density at radius 2 is 1.69 bits per heavy atom. The Morgan fingerprint density at radius 1 is 0.906 bits per heavy atom. The number of rotatable bonds is 3. The fraction of sp³-hybridized carbons (Fsp3) is 0.276. The number of para-hydroxylation sites is 1. The van der Waals surface area contributed by atoms with Crippen molar-refractivity contribution in [2.75, 3.05) is 13.1 Å². The summed E-state index contributed by atoms with van der Waals surface area (Å²) >= 11 is 0. The van der Waals surface area contributed by atoms with E-state index in [2.05, 4.69) is 91.0 Å². The molecule has 3 heteroatoms. The van der Waals surface area contributed by atoms with Crippen LogP contribution in [0.2, 0.25) is 0 Å². The summed E-state index contributed by atoms with van der Waals surface area (Å²) in [6.45, 7) is 7.75. The topological polar surface area (TPSA) is 21.1 Å². The van der Waals surface area contributed by atoms with E-state index >= 15 is 0 Å². The molecule has 3 nitrogen and oxygen atoms in total. The first-order chi connectivity index (χ1) is 15.7. The van der Waals surface area contributed by atoms with Crippen molar-refractivity contribution in [2.45, 2.75) is 33.2 Å². The minimum atomic E-state index is 0.979. The van der Waals surface area contributed by atoms with Crippen molar-refractivity contribution in [2.24, 2.45) is 7.05 Å². The molecule has 0 radical (unpaired) electrons. The molecular weight excluding hydrogens is 390 g/mol. The first-order valence-electron chi connectivity index (χ1n) is 11.8. The van der Waals surface area contributed by atoms with E-state index in [9.17, 15) is 0 Å². The lowest BCUT2D eigenvalue weighted by Gasteiger charge is -2.31. The van der Waals surface area contributed by atoms with Gasteiger partial charge in [-0.05, 0) is 60.3 Å². The van der Waals surface area contributed by atoms with Gasteiger partial charge in [-0.15, -0.1) is 0 Å². The smallest absolute Gasteiger partial charge is 0.0781 e. The molecule has 3 aromatic carbocycles. The van der Waals surface area contributed by atoms with Gasteiger partial charge in [-0.2, -0.15) is 0 Å². The molecule has 0 saturated carbocycles. The predicted octanol–water partition coefficient (Wildman–Crippen LogP) is 6.62. The summed E-state index contributed by atoms with van der Waals surface area (Å²) in [5.74, 6) is 0. The summed E-state index contributed by atoms with van der Waals surface area (Å²) in [5, 5.41) is 5.29. The molecule has 0 unspecified atom stereocenters. The van der Waals surface area contributed by atoms with Crippen LogP contribution >= 0.6 is 0 Å². The maximum Gasteiger partial charge on any atom is 0.0781 e. The van der Waals surface area contributed by atoms with E-state index in [1.165, 1.54) is 61.6 Å². The highest BCUT2D eigenvalue weighted by molar-refractivity contribution is 6.10. The molecule has 0 aliphatic carbocycles. The number of hydrogen-bond donors (Lipinski definition) is 0. The third kappa shape index (κ3) is 2.81. The molecule has 160 valence electrons. The van der Waals surface area contributed by atoms with Crippen LogP contribution in [0.4, 0.5) is 0 Å². The van der Waals surface area contributed by atoms with E-state index in [0.29, 0.717) is 0 Å². The highest BCUT2D eigenvalue weighted by Crippen LogP contribution is 2.41. The van der Waals surface area contributed by atoms with Crippen LogP contribution < -0.4 is 0 Å². The van der Waals surface area contributed by atoms with Crippen molar-refractivity contribution >= 4 is 32.6 Å². The van der Waals surface area contributed by atoms with Crippen LogP contribution in [0.15, 0.2) is 60.7 Å². The third-order valence-electron chi connectivity index (χ3n) is 7.33. The van der Waals surface area contributed by atoms with Gasteiger partial charge in [0.1, 0.15) is 0 Å². The Balaban J connectivity index is 1.73. The molecule has 0 spiro atoms. The number of pyridine rings is 1. The van der Waals surface area contributed by atoms with E-state index in [1.807, 2.05) is 0 Å². The minimum absolute atomic E-state index is 0.979. The van der Waals surface area contributed by atoms with Crippen molar-refractivity contribution in [3.63, 3.8) is 0 Å². The molecule has 0 bridgehead atoms. The first-order valence-corrected chi connectivity index (χ1v) is 11.8. The van der Waals surface area contributed by atoms with Gasteiger partial charge in [-0.1, -0.05) is 55.5 Å². The van der Waals surface area contributed by atoms with Crippen LogP contribution in [-0.2, 0) is 20.0 Å². The molecule has 6 rings (SSSR count).